The maximum atomic E-state index is 13.1. The van der Waals surface area contributed by atoms with Crippen LogP contribution in [0.5, 0.6) is 11.5 Å². The van der Waals surface area contributed by atoms with Gasteiger partial charge in [-0.15, -0.1) is 0 Å². The Kier molecular flexibility index (Phi) is 5.09. The van der Waals surface area contributed by atoms with Gasteiger partial charge in [0.05, 0.1) is 18.2 Å². The molecule has 126 valence electrons. The van der Waals surface area contributed by atoms with Crippen molar-refractivity contribution in [2.75, 3.05) is 25.2 Å². The van der Waals surface area contributed by atoms with E-state index >= 15 is 0 Å². The van der Waals surface area contributed by atoms with Gasteiger partial charge in [-0.2, -0.15) is 0 Å². The van der Waals surface area contributed by atoms with E-state index in [1.54, 1.807) is 19.2 Å². The lowest BCUT2D eigenvalue weighted by Gasteiger charge is -2.29. The topological polar surface area (TPSA) is 38.8 Å². The maximum Gasteiger partial charge on any atom is 0.258 e. The third-order valence-corrected chi connectivity index (χ3v) is 4.71. The molecule has 0 aromatic heterocycles. The van der Waals surface area contributed by atoms with E-state index in [1.165, 1.54) is 5.56 Å². The second kappa shape index (κ2) is 7.26. The molecule has 0 spiro atoms. The van der Waals surface area contributed by atoms with Crippen molar-refractivity contribution in [3.8, 4) is 11.5 Å². The highest BCUT2D eigenvalue weighted by Crippen LogP contribution is 2.38. The number of rotatable bonds is 4. The number of fused-ring (bicyclic) bond motifs is 1. The van der Waals surface area contributed by atoms with Gasteiger partial charge in [0.1, 0.15) is 0 Å². The van der Waals surface area contributed by atoms with Crippen LogP contribution < -0.4 is 14.4 Å². The summed E-state index contributed by atoms with van der Waals surface area (Å²) in [7, 11) is 1.58. The molecule has 2 aromatic carbocycles. The fraction of sp³-hybridized carbons (Fsp3) is 0.316. The second-order valence-electron chi connectivity index (χ2n) is 5.61. The molecule has 0 aliphatic carbocycles. The first-order valence-electron chi connectivity index (χ1n) is 8.05. The summed E-state index contributed by atoms with van der Waals surface area (Å²) in [4.78, 5) is 14.9. The zero-order valence-electron chi connectivity index (χ0n) is 13.8. The third-order valence-electron chi connectivity index (χ3n) is 4.12. The molecule has 1 heterocycles. The van der Waals surface area contributed by atoms with Crippen LogP contribution in [0.25, 0.3) is 0 Å². The van der Waals surface area contributed by atoms with Crippen LogP contribution >= 0.6 is 15.9 Å². The van der Waals surface area contributed by atoms with Crippen molar-refractivity contribution < 1.29 is 14.3 Å². The summed E-state index contributed by atoms with van der Waals surface area (Å²) < 4.78 is 11.7. The fourth-order valence-corrected chi connectivity index (χ4v) is 3.58. The van der Waals surface area contributed by atoms with E-state index in [2.05, 4.69) is 22.0 Å². The highest BCUT2D eigenvalue weighted by molar-refractivity contribution is 9.10. The van der Waals surface area contributed by atoms with E-state index in [0.717, 1.165) is 29.5 Å². The summed E-state index contributed by atoms with van der Waals surface area (Å²) in [5.41, 5.74) is 2.80. The van der Waals surface area contributed by atoms with Crippen LogP contribution in [0.1, 0.15) is 29.3 Å². The molecule has 1 aliphatic heterocycles. The SMILES string of the molecule is CCOc1c(Br)cc(C(=O)N2CCCc3ccccc32)cc1OC. The van der Waals surface area contributed by atoms with Gasteiger partial charge in [0.2, 0.25) is 0 Å². The monoisotopic (exact) mass is 389 g/mol. The third kappa shape index (κ3) is 3.13. The van der Waals surface area contributed by atoms with Gasteiger partial charge in [-0.25, -0.2) is 0 Å². The zero-order valence-corrected chi connectivity index (χ0v) is 15.4. The first-order valence-corrected chi connectivity index (χ1v) is 8.85. The van der Waals surface area contributed by atoms with Crippen LogP contribution in [0.2, 0.25) is 0 Å². The van der Waals surface area contributed by atoms with Crippen LogP contribution in [0, 0.1) is 0 Å². The Morgan fingerprint density at radius 3 is 2.83 bits per heavy atom. The van der Waals surface area contributed by atoms with Crippen molar-refractivity contribution >= 4 is 27.5 Å². The molecule has 1 amide bonds. The van der Waals surface area contributed by atoms with Gasteiger partial charge in [-0.1, -0.05) is 18.2 Å². The van der Waals surface area contributed by atoms with E-state index in [1.807, 2.05) is 30.0 Å². The van der Waals surface area contributed by atoms with Gasteiger partial charge in [0.15, 0.2) is 11.5 Å². The lowest BCUT2D eigenvalue weighted by Crippen LogP contribution is -2.35. The summed E-state index contributed by atoms with van der Waals surface area (Å²) in [5.74, 6) is 1.15. The highest BCUT2D eigenvalue weighted by Gasteiger charge is 2.25. The average molecular weight is 390 g/mol. The predicted molar refractivity (Wildman–Crippen MR) is 98.3 cm³/mol. The van der Waals surface area contributed by atoms with Crippen LogP contribution in [-0.4, -0.2) is 26.2 Å². The van der Waals surface area contributed by atoms with Crippen molar-refractivity contribution in [2.45, 2.75) is 19.8 Å². The van der Waals surface area contributed by atoms with Crippen LogP contribution in [0.3, 0.4) is 0 Å². The number of hydrogen-bond donors (Lipinski definition) is 0. The highest BCUT2D eigenvalue weighted by atomic mass is 79.9. The number of amides is 1. The maximum absolute atomic E-state index is 13.1. The van der Waals surface area contributed by atoms with E-state index in [0.29, 0.717) is 23.7 Å². The molecule has 0 N–H and O–H groups in total. The molecule has 0 atom stereocenters. The molecule has 0 bridgehead atoms. The summed E-state index contributed by atoms with van der Waals surface area (Å²) in [6.45, 7) is 3.17. The summed E-state index contributed by atoms with van der Waals surface area (Å²) in [6.07, 6.45) is 1.98. The Bertz CT molecular complexity index is 760. The zero-order chi connectivity index (χ0) is 17.1. The molecular formula is C19H20BrNO3. The van der Waals surface area contributed by atoms with Crippen molar-refractivity contribution in [2.24, 2.45) is 0 Å². The standard InChI is InChI=1S/C19H20BrNO3/c1-3-24-18-15(20)11-14(12-17(18)23-2)19(22)21-10-6-8-13-7-4-5-9-16(13)21/h4-5,7,9,11-12H,3,6,8,10H2,1-2H3. The number of halogens is 1. The normalized spacial score (nSPS) is 13.4. The number of anilines is 1. The Morgan fingerprint density at radius 1 is 1.29 bits per heavy atom. The Labute approximate surface area is 150 Å². The number of carbonyl (C=O) groups is 1. The molecule has 5 heteroatoms. The Balaban J connectivity index is 1.98. The molecule has 0 unspecified atom stereocenters. The minimum Gasteiger partial charge on any atom is -0.493 e. The minimum absolute atomic E-state index is 0.0239. The van der Waals surface area contributed by atoms with E-state index in [4.69, 9.17) is 9.47 Å². The molecular weight excluding hydrogens is 370 g/mol. The number of ether oxygens (including phenoxy) is 2. The molecule has 1 aliphatic rings. The smallest absolute Gasteiger partial charge is 0.258 e. The van der Waals surface area contributed by atoms with Gasteiger partial charge in [-0.05, 0) is 59.5 Å². The Hall–Kier alpha value is -2.01. The van der Waals surface area contributed by atoms with Crippen LogP contribution in [0.15, 0.2) is 40.9 Å². The number of hydrogen-bond acceptors (Lipinski definition) is 3. The average Bonchev–Trinajstić information content (AvgIpc) is 2.62. The van der Waals surface area contributed by atoms with Crippen molar-refractivity contribution in [3.05, 3.63) is 52.0 Å². The lowest BCUT2D eigenvalue weighted by molar-refractivity contribution is 0.0984. The first kappa shape index (κ1) is 16.8. The van der Waals surface area contributed by atoms with E-state index < -0.39 is 0 Å². The minimum atomic E-state index is -0.0239. The lowest BCUT2D eigenvalue weighted by atomic mass is 10.0. The quantitative estimate of drug-likeness (QED) is 0.775. The summed E-state index contributed by atoms with van der Waals surface area (Å²) >= 11 is 3.49. The molecule has 24 heavy (non-hydrogen) atoms. The molecule has 0 saturated heterocycles. The van der Waals surface area contributed by atoms with Crippen LogP contribution in [0.4, 0.5) is 5.69 Å². The molecule has 2 aromatic rings. The molecule has 0 fully saturated rings. The van der Waals surface area contributed by atoms with Gasteiger partial charge >= 0.3 is 0 Å². The Morgan fingerprint density at radius 2 is 2.08 bits per heavy atom. The van der Waals surface area contributed by atoms with Gasteiger partial charge in [0.25, 0.3) is 5.91 Å². The number of nitrogens with zero attached hydrogens (tertiary/aromatic N) is 1. The largest absolute Gasteiger partial charge is 0.493 e. The molecule has 0 radical (unpaired) electrons. The van der Waals surface area contributed by atoms with Gasteiger partial charge < -0.3 is 14.4 Å². The van der Waals surface area contributed by atoms with E-state index in [-0.39, 0.29) is 5.91 Å². The molecule has 4 nitrogen and oxygen atoms in total. The number of carbonyl (C=O) groups excluding carboxylic acids is 1. The number of para-hydroxylation sites is 1. The van der Waals surface area contributed by atoms with Gasteiger partial charge in [-0.3, -0.25) is 4.79 Å². The molecule has 0 saturated carbocycles. The van der Waals surface area contributed by atoms with Crippen molar-refractivity contribution in [3.63, 3.8) is 0 Å². The van der Waals surface area contributed by atoms with E-state index in [9.17, 15) is 4.79 Å². The van der Waals surface area contributed by atoms with Gasteiger partial charge in [0, 0.05) is 17.8 Å². The fourth-order valence-electron chi connectivity index (χ4n) is 3.03. The summed E-state index contributed by atoms with van der Waals surface area (Å²) in [6, 6.07) is 11.6. The second-order valence-corrected chi connectivity index (χ2v) is 6.47. The molecule has 3 rings (SSSR count). The summed E-state index contributed by atoms with van der Waals surface area (Å²) in [5, 5.41) is 0. The first-order chi connectivity index (χ1) is 11.7. The van der Waals surface area contributed by atoms with Crippen LogP contribution in [-0.2, 0) is 6.42 Å². The van der Waals surface area contributed by atoms with Crippen molar-refractivity contribution in [1.82, 2.24) is 0 Å². The number of aryl methyl sites for hydroxylation is 1. The number of methoxy groups -OCH3 is 1. The van der Waals surface area contributed by atoms with Crippen molar-refractivity contribution in [1.29, 1.82) is 0 Å². The number of benzene rings is 2. The predicted octanol–water partition coefficient (Wildman–Crippen LogP) is 4.45.